The van der Waals surface area contributed by atoms with E-state index >= 15 is 0 Å². The number of hydrogen-bond donors (Lipinski definition) is 2. The van der Waals surface area contributed by atoms with E-state index in [2.05, 4.69) is 20.9 Å². The van der Waals surface area contributed by atoms with Crippen LogP contribution in [0.3, 0.4) is 0 Å². The molecule has 7 nitrogen and oxygen atoms in total. The summed E-state index contributed by atoms with van der Waals surface area (Å²) in [4.78, 5) is 39.0. The molecule has 3 N–H and O–H groups in total. The van der Waals surface area contributed by atoms with Crippen molar-refractivity contribution >= 4 is 34.2 Å². The van der Waals surface area contributed by atoms with Crippen LogP contribution in [-0.2, 0) is 11.3 Å². The molecule has 0 saturated carbocycles. The van der Waals surface area contributed by atoms with Crippen LogP contribution in [0, 0.1) is 5.92 Å². The molecule has 21 heavy (non-hydrogen) atoms. The van der Waals surface area contributed by atoms with Crippen molar-refractivity contribution in [3.05, 3.63) is 31.5 Å². The first-order chi connectivity index (χ1) is 9.42. The van der Waals surface area contributed by atoms with Crippen LogP contribution >= 0.6 is 28.3 Å². The maximum Gasteiger partial charge on any atom is 0.328 e. The molecular formula is C12H18BrClN4O3. The number of H-pyrrole nitrogens is 1. The summed E-state index contributed by atoms with van der Waals surface area (Å²) in [6.45, 7) is 3.06. The predicted molar refractivity (Wildman–Crippen MR) is 84.6 cm³/mol. The second-order valence-electron chi connectivity index (χ2n) is 5.10. The summed E-state index contributed by atoms with van der Waals surface area (Å²) in [6.07, 6.45) is 2.21. The van der Waals surface area contributed by atoms with Crippen molar-refractivity contribution in [2.45, 2.75) is 25.9 Å². The highest BCUT2D eigenvalue weighted by molar-refractivity contribution is 9.10. The first kappa shape index (κ1) is 17.9. The van der Waals surface area contributed by atoms with Gasteiger partial charge in [-0.1, -0.05) is 0 Å². The summed E-state index contributed by atoms with van der Waals surface area (Å²) in [5.74, 6) is 0.169. The summed E-state index contributed by atoms with van der Waals surface area (Å²) >= 11 is 3.04. The highest BCUT2D eigenvalue weighted by atomic mass is 79.9. The Morgan fingerprint density at radius 1 is 1.52 bits per heavy atom. The number of carbonyl (C=O) groups is 1. The molecule has 2 rings (SSSR count). The summed E-state index contributed by atoms with van der Waals surface area (Å²) in [5, 5.41) is 0. The zero-order chi connectivity index (χ0) is 14.9. The van der Waals surface area contributed by atoms with E-state index in [-0.39, 0.29) is 35.4 Å². The lowest BCUT2D eigenvalue weighted by molar-refractivity contribution is -0.132. The molecule has 0 radical (unpaired) electrons. The Morgan fingerprint density at radius 2 is 2.19 bits per heavy atom. The van der Waals surface area contributed by atoms with Gasteiger partial charge in [-0.2, -0.15) is 0 Å². The average molecular weight is 382 g/mol. The topological polar surface area (TPSA) is 101 Å². The molecule has 9 heteroatoms. The monoisotopic (exact) mass is 380 g/mol. The molecule has 0 aromatic carbocycles. The number of nitrogens with one attached hydrogen (secondary N) is 1. The molecule has 1 aliphatic rings. The Balaban J connectivity index is 0.00000220. The fourth-order valence-electron chi connectivity index (χ4n) is 2.50. The molecule has 0 aliphatic carbocycles. The minimum Gasteiger partial charge on any atom is -0.338 e. The predicted octanol–water partition coefficient (Wildman–Crippen LogP) is -0.0834. The average Bonchev–Trinajstić information content (AvgIpc) is 2.77. The third kappa shape index (κ3) is 3.96. The van der Waals surface area contributed by atoms with Crippen LogP contribution in [-0.4, -0.2) is 39.5 Å². The quantitative estimate of drug-likeness (QED) is 0.764. The van der Waals surface area contributed by atoms with E-state index in [0.29, 0.717) is 19.0 Å². The minimum atomic E-state index is -0.589. The van der Waals surface area contributed by atoms with Crippen molar-refractivity contribution in [3.63, 3.8) is 0 Å². The van der Waals surface area contributed by atoms with Crippen molar-refractivity contribution in [1.82, 2.24) is 14.5 Å². The number of nitrogens with two attached hydrogens (primary N) is 1. The number of amides is 1. The summed E-state index contributed by atoms with van der Waals surface area (Å²) in [6, 6.07) is 0.123. The number of aromatic nitrogens is 2. The highest BCUT2D eigenvalue weighted by Gasteiger charge is 2.31. The van der Waals surface area contributed by atoms with Crippen LogP contribution in [0.1, 0.15) is 13.3 Å². The Kier molecular flexibility index (Phi) is 6.18. The van der Waals surface area contributed by atoms with Gasteiger partial charge in [-0.05, 0) is 41.7 Å². The van der Waals surface area contributed by atoms with E-state index in [0.717, 1.165) is 6.42 Å². The third-order valence-corrected chi connectivity index (χ3v) is 4.15. The summed E-state index contributed by atoms with van der Waals surface area (Å²) in [7, 11) is 0. The van der Waals surface area contributed by atoms with Crippen LogP contribution in [0.2, 0.25) is 0 Å². The normalized spacial score (nSPS) is 21.2. The number of likely N-dealkylation sites (tertiary alicyclic amines) is 1. The van der Waals surface area contributed by atoms with Crippen molar-refractivity contribution < 1.29 is 4.79 Å². The molecular weight excluding hydrogens is 364 g/mol. The van der Waals surface area contributed by atoms with E-state index < -0.39 is 11.2 Å². The van der Waals surface area contributed by atoms with Crippen LogP contribution in [0.5, 0.6) is 0 Å². The van der Waals surface area contributed by atoms with Gasteiger partial charge in [0.2, 0.25) is 5.91 Å². The second-order valence-corrected chi connectivity index (χ2v) is 5.95. The highest BCUT2D eigenvalue weighted by Crippen LogP contribution is 2.22. The lowest BCUT2D eigenvalue weighted by Gasteiger charge is -2.21. The first-order valence-electron chi connectivity index (χ1n) is 6.41. The van der Waals surface area contributed by atoms with E-state index in [9.17, 15) is 14.4 Å². The molecule has 2 heterocycles. The molecule has 1 fully saturated rings. The third-order valence-electron chi connectivity index (χ3n) is 3.59. The molecule has 0 bridgehead atoms. The van der Waals surface area contributed by atoms with Crippen LogP contribution in [0.25, 0.3) is 0 Å². The van der Waals surface area contributed by atoms with E-state index in [1.54, 1.807) is 4.90 Å². The fourth-order valence-corrected chi connectivity index (χ4v) is 2.84. The Labute approximate surface area is 136 Å². The smallest absolute Gasteiger partial charge is 0.328 e. The molecule has 0 spiro atoms. The van der Waals surface area contributed by atoms with Crippen LogP contribution in [0.15, 0.2) is 20.3 Å². The van der Waals surface area contributed by atoms with Gasteiger partial charge in [0.25, 0.3) is 5.56 Å². The molecule has 1 amide bonds. The largest absolute Gasteiger partial charge is 0.338 e. The molecule has 118 valence electrons. The number of hydrogen-bond acceptors (Lipinski definition) is 4. The van der Waals surface area contributed by atoms with Crippen LogP contribution < -0.4 is 17.0 Å². The van der Waals surface area contributed by atoms with Crippen molar-refractivity contribution in [2.75, 3.05) is 13.1 Å². The van der Waals surface area contributed by atoms with Gasteiger partial charge in [0.05, 0.1) is 4.47 Å². The maximum atomic E-state index is 12.3. The second kappa shape index (κ2) is 7.24. The van der Waals surface area contributed by atoms with Crippen molar-refractivity contribution in [1.29, 1.82) is 0 Å². The molecule has 1 aromatic heterocycles. The molecule has 1 aliphatic heterocycles. The summed E-state index contributed by atoms with van der Waals surface area (Å²) < 4.78 is 1.41. The van der Waals surface area contributed by atoms with E-state index in [1.165, 1.54) is 10.8 Å². The fraction of sp³-hybridized carbons (Fsp3) is 0.583. The molecule has 2 unspecified atom stereocenters. The van der Waals surface area contributed by atoms with Crippen molar-refractivity contribution in [2.24, 2.45) is 11.7 Å². The van der Waals surface area contributed by atoms with E-state index in [4.69, 9.17) is 5.73 Å². The minimum absolute atomic E-state index is 0. The number of halogens is 2. The SMILES string of the molecule is CC1CC(CN)CN1C(=O)Cn1cc(Br)c(=O)[nH]c1=O.Cl. The summed E-state index contributed by atoms with van der Waals surface area (Å²) in [5.41, 5.74) is 4.54. The zero-order valence-corrected chi connectivity index (χ0v) is 13.9. The van der Waals surface area contributed by atoms with Gasteiger partial charge in [0.15, 0.2) is 0 Å². The van der Waals surface area contributed by atoms with Gasteiger partial charge < -0.3 is 10.6 Å². The number of nitrogens with zero attached hydrogens (tertiary/aromatic N) is 2. The Hall–Kier alpha value is -1.12. The lowest BCUT2D eigenvalue weighted by Crippen LogP contribution is -2.40. The van der Waals surface area contributed by atoms with Gasteiger partial charge in [0, 0.05) is 18.8 Å². The molecule has 2 atom stereocenters. The number of aromatic amines is 1. The first-order valence-corrected chi connectivity index (χ1v) is 7.20. The van der Waals surface area contributed by atoms with Gasteiger partial charge in [-0.3, -0.25) is 19.1 Å². The van der Waals surface area contributed by atoms with Crippen LogP contribution in [0.4, 0.5) is 0 Å². The number of carbonyl (C=O) groups excluding carboxylic acids is 1. The van der Waals surface area contributed by atoms with Gasteiger partial charge in [-0.25, -0.2) is 4.79 Å². The van der Waals surface area contributed by atoms with Gasteiger partial charge in [0.1, 0.15) is 6.54 Å². The van der Waals surface area contributed by atoms with E-state index in [1.807, 2.05) is 6.92 Å². The van der Waals surface area contributed by atoms with Gasteiger partial charge >= 0.3 is 5.69 Å². The zero-order valence-electron chi connectivity index (χ0n) is 11.5. The Bertz CT molecular complexity index is 630. The standard InChI is InChI=1S/C12H17BrN4O3.ClH/c1-7-2-8(3-14)4-17(7)10(18)6-16-5-9(13)11(19)15-12(16)20;/h5,7-8H,2-4,6,14H2,1H3,(H,15,19,20);1H. The van der Waals surface area contributed by atoms with Gasteiger partial charge in [-0.15, -0.1) is 12.4 Å². The maximum absolute atomic E-state index is 12.3. The lowest BCUT2D eigenvalue weighted by atomic mass is 10.1. The molecule has 1 aromatic rings. The molecule has 1 saturated heterocycles. The Morgan fingerprint density at radius 3 is 2.76 bits per heavy atom. The number of rotatable bonds is 3. The van der Waals surface area contributed by atoms with Crippen molar-refractivity contribution in [3.8, 4) is 0 Å².